The van der Waals surface area contributed by atoms with Crippen molar-refractivity contribution < 1.29 is 9.47 Å². The monoisotopic (exact) mass is 368 g/mol. The predicted octanol–water partition coefficient (Wildman–Crippen LogP) is 5.73. The van der Waals surface area contributed by atoms with E-state index in [9.17, 15) is 0 Å². The fourth-order valence-electron chi connectivity index (χ4n) is 1.83. The molecule has 1 heterocycles. The number of ether oxygens (including phenoxy) is 2. The van der Waals surface area contributed by atoms with Gasteiger partial charge in [-0.05, 0) is 69.0 Å². The van der Waals surface area contributed by atoms with E-state index in [4.69, 9.17) is 9.47 Å². The van der Waals surface area contributed by atoms with Crippen molar-refractivity contribution in [2.24, 2.45) is 0 Å². The number of halogens is 2. The lowest BCUT2D eigenvalue weighted by atomic mass is 10.1. The fourth-order valence-corrected chi connectivity index (χ4v) is 2.47. The van der Waals surface area contributed by atoms with Gasteiger partial charge in [0.15, 0.2) is 23.0 Å². The smallest absolute Gasteiger partial charge is 0.171 e. The summed E-state index contributed by atoms with van der Waals surface area (Å²) in [5.41, 5.74) is 2.38. The molecule has 0 aliphatic carbocycles. The maximum atomic E-state index is 5.87. The Morgan fingerprint density at radius 2 is 1.00 bits per heavy atom. The Morgan fingerprint density at radius 3 is 1.39 bits per heavy atom. The number of benzene rings is 2. The van der Waals surface area contributed by atoms with E-state index in [0.717, 1.165) is 31.9 Å². The molecule has 0 bridgehead atoms. The van der Waals surface area contributed by atoms with Crippen molar-refractivity contribution in [1.29, 1.82) is 0 Å². The van der Waals surface area contributed by atoms with Crippen molar-refractivity contribution >= 4 is 31.9 Å². The van der Waals surface area contributed by atoms with Crippen molar-refractivity contribution in [2.75, 3.05) is 0 Å². The minimum Gasteiger partial charge on any atom is -0.449 e. The maximum Gasteiger partial charge on any atom is 0.171 e. The van der Waals surface area contributed by atoms with E-state index in [1.54, 1.807) is 0 Å². The number of hydrogen-bond acceptors (Lipinski definition) is 2. The van der Waals surface area contributed by atoms with Crippen LogP contribution in [0.15, 0.2) is 33.2 Å². The minimum absolute atomic E-state index is 0.723. The molecule has 92 valence electrons. The van der Waals surface area contributed by atoms with E-state index in [-0.39, 0.29) is 0 Å². The van der Waals surface area contributed by atoms with E-state index in [1.165, 1.54) is 11.1 Å². The van der Waals surface area contributed by atoms with Crippen LogP contribution in [0.1, 0.15) is 11.1 Å². The third kappa shape index (κ3) is 1.93. The summed E-state index contributed by atoms with van der Waals surface area (Å²) in [4.78, 5) is 0. The first kappa shape index (κ1) is 12.1. The highest BCUT2D eigenvalue weighted by Gasteiger charge is 2.20. The summed E-state index contributed by atoms with van der Waals surface area (Å²) in [6.45, 7) is 4.12. The molecule has 2 aromatic carbocycles. The SMILES string of the molecule is Cc1cc2c(cc1C)Oc1cc(Br)c(Br)cc1O2. The van der Waals surface area contributed by atoms with Gasteiger partial charge in [0, 0.05) is 21.1 Å². The van der Waals surface area contributed by atoms with Crippen molar-refractivity contribution in [3.8, 4) is 23.0 Å². The van der Waals surface area contributed by atoms with E-state index in [0.29, 0.717) is 0 Å². The van der Waals surface area contributed by atoms with Crippen LogP contribution in [0.5, 0.6) is 23.0 Å². The van der Waals surface area contributed by atoms with Crippen LogP contribution < -0.4 is 9.47 Å². The molecule has 0 amide bonds. The normalized spacial score (nSPS) is 12.2. The summed E-state index contributed by atoms with van der Waals surface area (Å²) in [6, 6.07) is 7.81. The van der Waals surface area contributed by atoms with E-state index in [1.807, 2.05) is 24.3 Å². The summed E-state index contributed by atoms with van der Waals surface area (Å²) < 4.78 is 13.6. The molecule has 0 aromatic heterocycles. The van der Waals surface area contributed by atoms with Gasteiger partial charge in [0.25, 0.3) is 0 Å². The summed E-state index contributed by atoms with van der Waals surface area (Å²) >= 11 is 6.92. The molecule has 4 heteroatoms. The lowest BCUT2D eigenvalue weighted by Crippen LogP contribution is -2.00. The Hall–Kier alpha value is -1.000. The molecule has 1 aliphatic heterocycles. The van der Waals surface area contributed by atoms with Gasteiger partial charge in [-0.3, -0.25) is 0 Å². The second-order valence-corrected chi connectivity index (χ2v) is 6.01. The first-order chi connectivity index (χ1) is 8.54. The average Bonchev–Trinajstić information content (AvgIpc) is 2.31. The molecular weight excluding hydrogens is 360 g/mol. The van der Waals surface area contributed by atoms with Gasteiger partial charge in [-0.15, -0.1) is 0 Å². The third-order valence-electron chi connectivity index (χ3n) is 2.99. The van der Waals surface area contributed by atoms with E-state index < -0.39 is 0 Å². The Bertz CT molecular complexity index is 539. The number of fused-ring (bicyclic) bond motifs is 2. The highest BCUT2D eigenvalue weighted by molar-refractivity contribution is 9.13. The van der Waals surface area contributed by atoms with Gasteiger partial charge in [-0.2, -0.15) is 0 Å². The van der Waals surface area contributed by atoms with Gasteiger partial charge in [0.2, 0.25) is 0 Å². The molecule has 2 nitrogen and oxygen atoms in total. The molecule has 0 spiro atoms. The van der Waals surface area contributed by atoms with Gasteiger partial charge >= 0.3 is 0 Å². The second-order valence-electron chi connectivity index (χ2n) is 4.30. The van der Waals surface area contributed by atoms with Gasteiger partial charge in [0.05, 0.1) is 0 Å². The summed E-state index contributed by atoms with van der Waals surface area (Å²) in [7, 11) is 0. The topological polar surface area (TPSA) is 18.5 Å². The largest absolute Gasteiger partial charge is 0.449 e. The molecule has 18 heavy (non-hydrogen) atoms. The molecule has 0 fully saturated rings. The Balaban J connectivity index is 2.12. The zero-order chi connectivity index (χ0) is 12.9. The van der Waals surface area contributed by atoms with E-state index in [2.05, 4.69) is 45.7 Å². The number of aryl methyl sites for hydroxylation is 2. The quantitative estimate of drug-likeness (QED) is 0.504. The lowest BCUT2D eigenvalue weighted by Gasteiger charge is -2.22. The van der Waals surface area contributed by atoms with Crippen molar-refractivity contribution in [1.82, 2.24) is 0 Å². The molecule has 0 saturated heterocycles. The molecule has 3 rings (SSSR count). The first-order valence-corrected chi connectivity index (χ1v) is 7.09. The van der Waals surface area contributed by atoms with Crippen LogP contribution in [-0.4, -0.2) is 0 Å². The summed E-state index contributed by atoms with van der Waals surface area (Å²) in [5.74, 6) is 2.97. The van der Waals surface area contributed by atoms with Crippen LogP contribution in [0.25, 0.3) is 0 Å². The average molecular weight is 370 g/mol. The van der Waals surface area contributed by atoms with Gasteiger partial charge < -0.3 is 9.47 Å². The molecule has 0 N–H and O–H groups in total. The van der Waals surface area contributed by atoms with Gasteiger partial charge in [0.1, 0.15) is 0 Å². The van der Waals surface area contributed by atoms with Crippen LogP contribution in [-0.2, 0) is 0 Å². The zero-order valence-corrected chi connectivity index (χ0v) is 13.1. The fraction of sp³-hybridized carbons (Fsp3) is 0.143. The number of rotatable bonds is 0. The second kappa shape index (κ2) is 4.28. The maximum absolute atomic E-state index is 5.87. The first-order valence-electron chi connectivity index (χ1n) is 5.50. The minimum atomic E-state index is 0.723. The predicted molar refractivity (Wildman–Crippen MR) is 77.9 cm³/mol. The molecule has 1 aliphatic rings. The van der Waals surface area contributed by atoms with E-state index >= 15 is 0 Å². The molecule has 0 radical (unpaired) electrons. The Kier molecular flexibility index (Phi) is 2.87. The number of hydrogen-bond donors (Lipinski definition) is 0. The van der Waals surface area contributed by atoms with Gasteiger partial charge in [-0.1, -0.05) is 0 Å². The van der Waals surface area contributed by atoms with Crippen LogP contribution in [0.4, 0.5) is 0 Å². The van der Waals surface area contributed by atoms with Crippen LogP contribution in [0.2, 0.25) is 0 Å². The van der Waals surface area contributed by atoms with Crippen LogP contribution in [0, 0.1) is 13.8 Å². The van der Waals surface area contributed by atoms with Crippen LogP contribution in [0.3, 0.4) is 0 Å². The molecule has 2 aromatic rings. The lowest BCUT2D eigenvalue weighted by molar-refractivity contribution is 0.358. The molecule has 0 unspecified atom stereocenters. The summed E-state index contributed by atoms with van der Waals surface area (Å²) in [6.07, 6.45) is 0. The van der Waals surface area contributed by atoms with Crippen LogP contribution >= 0.6 is 31.9 Å². The van der Waals surface area contributed by atoms with Crippen molar-refractivity contribution in [3.63, 3.8) is 0 Å². The van der Waals surface area contributed by atoms with Gasteiger partial charge in [-0.25, -0.2) is 0 Å². The Labute approximate surface area is 122 Å². The summed E-state index contributed by atoms with van der Waals surface area (Å²) in [5, 5.41) is 0. The molecule has 0 saturated carbocycles. The van der Waals surface area contributed by atoms with Crippen molar-refractivity contribution in [2.45, 2.75) is 13.8 Å². The standard InChI is InChI=1S/C14H10Br2O2/c1-7-3-11-12(4-8(7)2)18-14-6-10(16)9(15)5-13(14)17-11/h3-6H,1-2H3. The molecular formula is C14H10Br2O2. The molecule has 0 atom stereocenters. The van der Waals surface area contributed by atoms with Crippen molar-refractivity contribution in [3.05, 3.63) is 44.3 Å². The highest BCUT2D eigenvalue weighted by Crippen LogP contribution is 2.48. The zero-order valence-electron chi connectivity index (χ0n) is 9.88. The Morgan fingerprint density at radius 1 is 0.667 bits per heavy atom. The third-order valence-corrected chi connectivity index (χ3v) is 4.83. The highest BCUT2D eigenvalue weighted by atomic mass is 79.9.